The second-order valence-corrected chi connectivity index (χ2v) is 6.85. The fraction of sp³-hybridized carbons (Fsp3) is 0.200. The summed E-state index contributed by atoms with van der Waals surface area (Å²) in [5, 5.41) is 6.72. The number of para-hydroxylation sites is 1. The average Bonchev–Trinajstić information content (AvgIpc) is 2.62. The molecular weight excluding hydrogens is 405 g/mol. The minimum atomic E-state index is -4.77. The van der Waals surface area contributed by atoms with Gasteiger partial charge in [0.2, 0.25) is 5.95 Å². The maximum atomic E-state index is 12.5. The van der Waals surface area contributed by atoms with Crippen molar-refractivity contribution in [1.29, 1.82) is 0 Å². The van der Waals surface area contributed by atoms with Gasteiger partial charge in [0.05, 0.1) is 16.4 Å². The molecule has 0 atom stereocenters. The molecule has 0 bridgehead atoms. The van der Waals surface area contributed by atoms with Crippen LogP contribution in [0.4, 0.5) is 30.6 Å². The summed E-state index contributed by atoms with van der Waals surface area (Å²) in [5.41, 5.74) is 1.51. The van der Waals surface area contributed by atoms with Gasteiger partial charge in [-0.05, 0) is 38.1 Å². The van der Waals surface area contributed by atoms with E-state index in [1.807, 2.05) is 19.9 Å². The molecule has 3 aromatic rings. The molecule has 2 N–H and O–H groups in total. The van der Waals surface area contributed by atoms with Crippen molar-refractivity contribution < 1.29 is 17.9 Å². The molecule has 1 heterocycles. The molecular formula is C20H18ClF3N4O. The molecule has 2 aromatic carbocycles. The van der Waals surface area contributed by atoms with Gasteiger partial charge in [0, 0.05) is 17.7 Å². The molecule has 0 saturated heterocycles. The maximum absolute atomic E-state index is 12.5. The summed E-state index contributed by atoms with van der Waals surface area (Å²) < 4.78 is 41.6. The number of alkyl halides is 3. The summed E-state index contributed by atoms with van der Waals surface area (Å²) in [6.45, 7) is 3.85. The second kappa shape index (κ2) is 8.57. The van der Waals surface area contributed by atoms with Gasteiger partial charge in [-0.25, -0.2) is 4.98 Å². The minimum Gasteiger partial charge on any atom is -0.406 e. The number of hydrogen-bond donors (Lipinski definition) is 2. The topological polar surface area (TPSA) is 59.1 Å². The van der Waals surface area contributed by atoms with E-state index in [0.717, 1.165) is 0 Å². The number of halogens is 4. The Kier molecular flexibility index (Phi) is 6.12. The highest BCUT2D eigenvalue weighted by molar-refractivity contribution is 6.33. The summed E-state index contributed by atoms with van der Waals surface area (Å²) in [6, 6.07) is 14.4. The molecule has 152 valence electrons. The second-order valence-electron chi connectivity index (χ2n) is 6.44. The van der Waals surface area contributed by atoms with Crippen molar-refractivity contribution in [2.45, 2.75) is 26.3 Å². The molecule has 3 rings (SSSR count). The monoisotopic (exact) mass is 422 g/mol. The lowest BCUT2D eigenvalue weighted by Crippen LogP contribution is -2.17. The number of benzene rings is 2. The maximum Gasteiger partial charge on any atom is 0.573 e. The fourth-order valence-electron chi connectivity index (χ4n) is 2.54. The van der Waals surface area contributed by atoms with E-state index in [1.165, 1.54) is 18.2 Å². The minimum absolute atomic E-state index is 0.0540. The van der Waals surface area contributed by atoms with E-state index in [1.54, 1.807) is 30.3 Å². The molecule has 1 aromatic heterocycles. The standard InChI is InChI=1S/C20H18ClF3N4O/c1-12(2)25-19-27-17(13-6-5-7-14(10-13)29-20(22,23)24)11-18(28-19)26-16-9-4-3-8-15(16)21/h3-12H,1-2H3,(H2,25,26,27,28). The SMILES string of the molecule is CC(C)Nc1nc(Nc2ccccc2Cl)cc(-c2cccc(OC(F)(F)F)c2)n1. The van der Waals surface area contributed by atoms with Gasteiger partial charge in [-0.1, -0.05) is 35.9 Å². The first kappa shape index (κ1) is 20.7. The highest BCUT2D eigenvalue weighted by Gasteiger charge is 2.31. The van der Waals surface area contributed by atoms with Crippen LogP contribution in [0.2, 0.25) is 5.02 Å². The Morgan fingerprint density at radius 3 is 2.45 bits per heavy atom. The van der Waals surface area contributed by atoms with Crippen LogP contribution in [0.3, 0.4) is 0 Å². The van der Waals surface area contributed by atoms with E-state index >= 15 is 0 Å². The number of nitrogens with zero attached hydrogens (tertiary/aromatic N) is 2. The first-order valence-electron chi connectivity index (χ1n) is 8.73. The van der Waals surface area contributed by atoms with Crippen molar-refractivity contribution in [1.82, 2.24) is 9.97 Å². The number of nitrogens with one attached hydrogen (secondary N) is 2. The summed E-state index contributed by atoms with van der Waals surface area (Å²) in [5.74, 6) is 0.440. The van der Waals surface area contributed by atoms with Crippen LogP contribution in [-0.2, 0) is 0 Å². The molecule has 0 aliphatic carbocycles. The molecule has 0 amide bonds. The van der Waals surface area contributed by atoms with E-state index in [9.17, 15) is 13.2 Å². The normalized spacial score (nSPS) is 11.4. The van der Waals surface area contributed by atoms with Crippen LogP contribution >= 0.6 is 11.6 Å². The Morgan fingerprint density at radius 2 is 1.76 bits per heavy atom. The molecule has 0 aliphatic heterocycles. The molecule has 9 heteroatoms. The molecule has 0 spiro atoms. The Morgan fingerprint density at radius 1 is 1.00 bits per heavy atom. The zero-order valence-electron chi connectivity index (χ0n) is 15.6. The van der Waals surface area contributed by atoms with Crippen molar-refractivity contribution in [3.8, 4) is 17.0 Å². The molecule has 0 unspecified atom stereocenters. The molecule has 0 saturated carbocycles. The van der Waals surface area contributed by atoms with Crippen molar-refractivity contribution in [3.05, 3.63) is 59.6 Å². The Labute approximate surface area is 170 Å². The Bertz CT molecular complexity index is 995. The zero-order valence-corrected chi connectivity index (χ0v) is 16.3. The van der Waals surface area contributed by atoms with Crippen molar-refractivity contribution in [3.63, 3.8) is 0 Å². The van der Waals surface area contributed by atoms with Gasteiger partial charge in [0.15, 0.2) is 0 Å². The van der Waals surface area contributed by atoms with Crippen LogP contribution in [0.1, 0.15) is 13.8 Å². The lowest BCUT2D eigenvalue weighted by Gasteiger charge is -2.14. The summed E-state index contributed by atoms with van der Waals surface area (Å²) in [4.78, 5) is 8.83. The van der Waals surface area contributed by atoms with Crippen LogP contribution in [0.15, 0.2) is 54.6 Å². The van der Waals surface area contributed by atoms with E-state index in [4.69, 9.17) is 11.6 Å². The smallest absolute Gasteiger partial charge is 0.406 e. The zero-order chi connectivity index (χ0) is 21.0. The van der Waals surface area contributed by atoms with E-state index in [2.05, 4.69) is 25.3 Å². The van der Waals surface area contributed by atoms with E-state index in [0.29, 0.717) is 33.7 Å². The number of ether oxygens (including phenoxy) is 1. The molecule has 0 aliphatic rings. The van der Waals surface area contributed by atoms with E-state index < -0.39 is 6.36 Å². The van der Waals surface area contributed by atoms with Crippen LogP contribution in [0.25, 0.3) is 11.3 Å². The van der Waals surface area contributed by atoms with Gasteiger partial charge in [0.25, 0.3) is 0 Å². The Balaban J connectivity index is 1.99. The molecule has 0 fully saturated rings. The average molecular weight is 423 g/mol. The first-order chi connectivity index (χ1) is 13.7. The third kappa shape index (κ3) is 5.99. The molecule has 29 heavy (non-hydrogen) atoms. The predicted molar refractivity (Wildman–Crippen MR) is 108 cm³/mol. The van der Waals surface area contributed by atoms with Gasteiger partial charge in [0.1, 0.15) is 11.6 Å². The van der Waals surface area contributed by atoms with E-state index in [-0.39, 0.29) is 11.8 Å². The van der Waals surface area contributed by atoms with Crippen LogP contribution in [0, 0.1) is 0 Å². The first-order valence-corrected chi connectivity index (χ1v) is 9.11. The predicted octanol–water partition coefficient (Wildman–Crippen LogP) is 6.26. The van der Waals surface area contributed by atoms with Gasteiger partial charge >= 0.3 is 6.36 Å². The fourth-order valence-corrected chi connectivity index (χ4v) is 2.72. The Hall–Kier alpha value is -3.00. The van der Waals surface area contributed by atoms with Gasteiger partial charge in [-0.15, -0.1) is 13.2 Å². The number of rotatable bonds is 6. The quantitative estimate of drug-likeness (QED) is 0.491. The highest BCUT2D eigenvalue weighted by atomic mass is 35.5. The highest BCUT2D eigenvalue weighted by Crippen LogP contribution is 2.30. The molecule has 0 radical (unpaired) electrons. The van der Waals surface area contributed by atoms with Crippen molar-refractivity contribution in [2.75, 3.05) is 10.6 Å². The molecule has 5 nitrogen and oxygen atoms in total. The summed E-state index contributed by atoms with van der Waals surface area (Å²) in [6.07, 6.45) is -4.77. The summed E-state index contributed by atoms with van der Waals surface area (Å²) >= 11 is 6.19. The number of aromatic nitrogens is 2. The van der Waals surface area contributed by atoms with Crippen LogP contribution in [-0.4, -0.2) is 22.4 Å². The van der Waals surface area contributed by atoms with Gasteiger partial charge in [-0.2, -0.15) is 4.98 Å². The summed E-state index contributed by atoms with van der Waals surface area (Å²) in [7, 11) is 0. The van der Waals surface area contributed by atoms with Crippen molar-refractivity contribution in [2.24, 2.45) is 0 Å². The van der Waals surface area contributed by atoms with Gasteiger partial charge in [-0.3, -0.25) is 0 Å². The number of hydrogen-bond acceptors (Lipinski definition) is 5. The van der Waals surface area contributed by atoms with Gasteiger partial charge < -0.3 is 15.4 Å². The van der Waals surface area contributed by atoms with Crippen LogP contribution in [0.5, 0.6) is 5.75 Å². The van der Waals surface area contributed by atoms with Crippen molar-refractivity contribution >= 4 is 29.1 Å². The lowest BCUT2D eigenvalue weighted by atomic mass is 10.1. The van der Waals surface area contributed by atoms with Crippen LogP contribution < -0.4 is 15.4 Å². The number of anilines is 3. The largest absolute Gasteiger partial charge is 0.573 e. The third-order valence-corrected chi connectivity index (χ3v) is 3.97. The lowest BCUT2D eigenvalue weighted by molar-refractivity contribution is -0.274. The third-order valence-electron chi connectivity index (χ3n) is 3.64.